The molecule has 3 heteroatoms. The van der Waals surface area contributed by atoms with Crippen molar-refractivity contribution in [2.45, 2.75) is 19.4 Å². The number of carbonyl (C=O) groups excluding carboxylic acids is 1. The van der Waals surface area contributed by atoms with E-state index in [4.69, 9.17) is 4.74 Å². The van der Waals surface area contributed by atoms with Crippen LogP contribution < -0.4 is 0 Å². The molecule has 1 amide bonds. The van der Waals surface area contributed by atoms with Crippen LogP contribution in [0.15, 0.2) is 42.5 Å². The zero-order valence-corrected chi connectivity index (χ0v) is 10.8. The number of amides is 1. The molecule has 1 aliphatic rings. The molecule has 1 aromatic rings. The van der Waals surface area contributed by atoms with Crippen LogP contribution >= 0.6 is 0 Å². The second-order valence-electron chi connectivity index (χ2n) is 4.72. The Morgan fingerprint density at radius 1 is 1.44 bits per heavy atom. The third-order valence-corrected chi connectivity index (χ3v) is 2.99. The van der Waals surface area contributed by atoms with Crippen molar-refractivity contribution in [3.8, 4) is 0 Å². The minimum absolute atomic E-state index is 0.0291. The van der Waals surface area contributed by atoms with Gasteiger partial charge in [0.2, 0.25) is 5.91 Å². The van der Waals surface area contributed by atoms with Crippen molar-refractivity contribution >= 4 is 5.91 Å². The Morgan fingerprint density at radius 2 is 2.11 bits per heavy atom. The number of epoxide rings is 1. The average molecular weight is 245 g/mol. The van der Waals surface area contributed by atoms with Gasteiger partial charge in [-0.25, -0.2) is 0 Å². The van der Waals surface area contributed by atoms with Gasteiger partial charge in [0.1, 0.15) is 0 Å². The minimum Gasteiger partial charge on any atom is -0.371 e. The summed E-state index contributed by atoms with van der Waals surface area (Å²) >= 11 is 0. The van der Waals surface area contributed by atoms with Gasteiger partial charge in [0.15, 0.2) is 0 Å². The maximum Gasteiger partial charge on any atom is 0.248 e. The van der Waals surface area contributed by atoms with Crippen molar-refractivity contribution in [2.24, 2.45) is 0 Å². The molecular weight excluding hydrogens is 226 g/mol. The number of benzene rings is 1. The molecule has 1 aromatic carbocycles. The molecule has 0 radical (unpaired) electrons. The topological polar surface area (TPSA) is 32.8 Å². The summed E-state index contributed by atoms with van der Waals surface area (Å²) in [4.78, 5) is 13.8. The van der Waals surface area contributed by atoms with Gasteiger partial charge >= 0.3 is 0 Å². The SMILES string of the molecule is C=C(C)C(=O)N(CCc1ccccc1)CC1CO1. The molecule has 0 saturated carbocycles. The summed E-state index contributed by atoms with van der Waals surface area (Å²) in [6.45, 7) is 7.65. The molecule has 2 rings (SSSR count). The number of nitrogens with zero attached hydrogens (tertiary/aromatic N) is 1. The maximum absolute atomic E-state index is 12.0. The molecule has 1 atom stereocenters. The van der Waals surface area contributed by atoms with Gasteiger partial charge in [-0.05, 0) is 18.9 Å². The van der Waals surface area contributed by atoms with Crippen LogP contribution in [-0.2, 0) is 16.0 Å². The minimum atomic E-state index is 0.0291. The molecule has 1 aliphatic heterocycles. The van der Waals surface area contributed by atoms with Crippen LogP contribution in [0.5, 0.6) is 0 Å². The number of ether oxygens (including phenoxy) is 1. The summed E-state index contributed by atoms with van der Waals surface area (Å²) in [6, 6.07) is 10.2. The number of rotatable bonds is 6. The largest absolute Gasteiger partial charge is 0.371 e. The van der Waals surface area contributed by atoms with Crippen molar-refractivity contribution in [3.05, 3.63) is 48.0 Å². The van der Waals surface area contributed by atoms with Crippen LogP contribution in [0.25, 0.3) is 0 Å². The van der Waals surface area contributed by atoms with E-state index < -0.39 is 0 Å². The Labute approximate surface area is 108 Å². The lowest BCUT2D eigenvalue weighted by molar-refractivity contribution is -0.127. The van der Waals surface area contributed by atoms with E-state index in [2.05, 4.69) is 18.7 Å². The van der Waals surface area contributed by atoms with Crippen molar-refractivity contribution in [2.75, 3.05) is 19.7 Å². The molecule has 3 nitrogen and oxygen atoms in total. The van der Waals surface area contributed by atoms with E-state index in [0.29, 0.717) is 12.1 Å². The predicted octanol–water partition coefficient (Wildman–Crippen LogP) is 2.03. The lowest BCUT2D eigenvalue weighted by atomic mass is 10.1. The van der Waals surface area contributed by atoms with E-state index in [1.165, 1.54) is 5.56 Å². The summed E-state index contributed by atoms with van der Waals surface area (Å²) in [5.41, 5.74) is 1.83. The van der Waals surface area contributed by atoms with Crippen LogP contribution in [0, 0.1) is 0 Å². The van der Waals surface area contributed by atoms with Crippen LogP contribution in [0.1, 0.15) is 12.5 Å². The molecule has 1 fully saturated rings. The molecule has 0 aromatic heterocycles. The second kappa shape index (κ2) is 5.83. The molecule has 1 heterocycles. The van der Waals surface area contributed by atoms with Gasteiger partial charge in [0.25, 0.3) is 0 Å². The first-order chi connectivity index (χ1) is 8.66. The first kappa shape index (κ1) is 12.8. The van der Waals surface area contributed by atoms with Gasteiger partial charge in [0, 0.05) is 18.7 Å². The number of hydrogen-bond donors (Lipinski definition) is 0. The first-order valence-electron chi connectivity index (χ1n) is 6.27. The molecule has 0 N–H and O–H groups in total. The second-order valence-corrected chi connectivity index (χ2v) is 4.72. The van der Waals surface area contributed by atoms with Crippen molar-refractivity contribution in [1.82, 2.24) is 4.90 Å². The van der Waals surface area contributed by atoms with Crippen LogP contribution in [0.3, 0.4) is 0 Å². The van der Waals surface area contributed by atoms with Gasteiger partial charge in [-0.15, -0.1) is 0 Å². The molecule has 1 saturated heterocycles. The molecule has 0 spiro atoms. The quantitative estimate of drug-likeness (QED) is 0.567. The van der Waals surface area contributed by atoms with Gasteiger partial charge in [-0.2, -0.15) is 0 Å². The number of carbonyl (C=O) groups is 1. The van der Waals surface area contributed by atoms with Crippen LogP contribution in [0.2, 0.25) is 0 Å². The van der Waals surface area contributed by atoms with Crippen molar-refractivity contribution in [1.29, 1.82) is 0 Å². The van der Waals surface area contributed by atoms with Crippen molar-refractivity contribution < 1.29 is 9.53 Å². The van der Waals surface area contributed by atoms with Gasteiger partial charge in [-0.3, -0.25) is 4.79 Å². The predicted molar refractivity (Wildman–Crippen MR) is 71.3 cm³/mol. The third kappa shape index (κ3) is 3.70. The van der Waals surface area contributed by atoms with Gasteiger partial charge in [0.05, 0.1) is 12.7 Å². The van der Waals surface area contributed by atoms with E-state index in [-0.39, 0.29) is 12.0 Å². The van der Waals surface area contributed by atoms with Crippen LogP contribution in [0.4, 0.5) is 0 Å². The fraction of sp³-hybridized carbons (Fsp3) is 0.400. The van der Waals surface area contributed by atoms with E-state index in [1.54, 1.807) is 6.92 Å². The summed E-state index contributed by atoms with van der Waals surface area (Å²) in [6.07, 6.45) is 1.09. The first-order valence-corrected chi connectivity index (χ1v) is 6.27. The zero-order valence-electron chi connectivity index (χ0n) is 10.8. The highest BCUT2D eigenvalue weighted by Gasteiger charge is 2.27. The Balaban J connectivity index is 1.92. The van der Waals surface area contributed by atoms with Gasteiger partial charge in [-0.1, -0.05) is 36.9 Å². The smallest absolute Gasteiger partial charge is 0.248 e. The molecule has 96 valence electrons. The van der Waals surface area contributed by atoms with E-state index >= 15 is 0 Å². The van der Waals surface area contributed by atoms with Crippen molar-refractivity contribution in [3.63, 3.8) is 0 Å². The normalized spacial score (nSPS) is 17.3. The summed E-state index contributed by atoms with van der Waals surface area (Å²) in [5.74, 6) is 0.0291. The fourth-order valence-electron chi connectivity index (χ4n) is 1.87. The Hall–Kier alpha value is -1.61. The maximum atomic E-state index is 12.0. The zero-order chi connectivity index (χ0) is 13.0. The molecule has 0 aliphatic carbocycles. The van der Waals surface area contributed by atoms with E-state index in [0.717, 1.165) is 19.6 Å². The van der Waals surface area contributed by atoms with E-state index in [9.17, 15) is 4.79 Å². The molecule has 0 bridgehead atoms. The Bertz CT molecular complexity index is 423. The summed E-state index contributed by atoms with van der Waals surface area (Å²) in [5, 5.41) is 0. The lowest BCUT2D eigenvalue weighted by Gasteiger charge is -2.22. The summed E-state index contributed by atoms with van der Waals surface area (Å²) < 4.78 is 5.20. The third-order valence-electron chi connectivity index (χ3n) is 2.99. The Kier molecular flexibility index (Phi) is 4.15. The van der Waals surface area contributed by atoms with Crippen LogP contribution in [-0.4, -0.2) is 36.6 Å². The number of hydrogen-bond acceptors (Lipinski definition) is 2. The monoisotopic (exact) mass is 245 g/mol. The fourth-order valence-corrected chi connectivity index (χ4v) is 1.87. The van der Waals surface area contributed by atoms with E-state index in [1.807, 2.05) is 23.1 Å². The molecule has 1 unspecified atom stereocenters. The Morgan fingerprint density at radius 3 is 2.67 bits per heavy atom. The average Bonchev–Trinajstić information content (AvgIpc) is 3.18. The highest BCUT2D eigenvalue weighted by molar-refractivity contribution is 5.92. The van der Waals surface area contributed by atoms with Gasteiger partial charge < -0.3 is 9.64 Å². The highest BCUT2D eigenvalue weighted by Crippen LogP contribution is 2.13. The standard InChI is InChI=1S/C15H19NO2/c1-12(2)15(17)16(10-14-11-18-14)9-8-13-6-4-3-5-7-13/h3-7,14H,1,8-11H2,2H3. The molecular formula is C15H19NO2. The lowest BCUT2D eigenvalue weighted by Crippen LogP contribution is -2.36. The highest BCUT2D eigenvalue weighted by atomic mass is 16.6. The summed E-state index contributed by atoms with van der Waals surface area (Å²) in [7, 11) is 0. The molecule has 18 heavy (non-hydrogen) atoms.